The van der Waals surface area contributed by atoms with Crippen LogP contribution in [0.25, 0.3) is 0 Å². The number of ether oxygens (including phenoxy) is 3. The number of nitrogens with zero attached hydrogens (tertiary/aromatic N) is 4. The lowest BCUT2D eigenvalue weighted by atomic mass is 10.2. The summed E-state index contributed by atoms with van der Waals surface area (Å²) in [5, 5.41) is 17.3. The van der Waals surface area contributed by atoms with Crippen molar-refractivity contribution < 1.29 is 23.8 Å². The third-order valence-corrected chi connectivity index (χ3v) is 6.49. The molecule has 0 saturated heterocycles. The summed E-state index contributed by atoms with van der Waals surface area (Å²) in [6, 6.07) is 33.0. The number of rotatable bonds is 9. The molecular formula is C35H28N4O5. The van der Waals surface area contributed by atoms with Gasteiger partial charge in [-0.1, -0.05) is 18.2 Å². The van der Waals surface area contributed by atoms with E-state index in [1.807, 2.05) is 19.9 Å². The second-order valence-corrected chi connectivity index (χ2v) is 9.69. The van der Waals surface area contributed by atoms with Crippen molar-refractivity contribution in [3.8, 4) is 17.2 Å². The normalized spacial score (nSPS) is 11.1. The molecule has 0 atom stereocenters. The fraction of sp³-hybridized carbons (Fsp3) is 0.0857. The van der Waals surface area contributed by atoms with E-state index in [1.54, 1.807) is 116 Å². The van der Waals surface area contributed by atoms with Crippen LogP contribution in [0.4, 0.5) is 22.7 Å². The Bertz CT molecular complexity index is 1830. The standard InChI is InChI=1S/C35H28N4O5/c1-23-21-30(43-34(40)25-7-5-4-6-8-25)17-19-32(23)38-36-27-11-13-28(14-12-27)37-39-33-20-18-31(22-24(33)2)44-35(41)26-9-15-29(42-3)16-10-26/h4-22H,1-3H3/b38-36+,39-37+. The highest BCUT2D eigenvalue weighted by atomic mass is 16.5. The smallest absolute Gasteiger partial charge is 0.343 e. The molecular weight excluding hydrogens is 556 g/mol. The minimum atomic E-state index is -0.463. The molecule has 0 amide bonds. The summed E-state index contributed by atoms with van der Waals surface area (Å²) in [5.41, 5.74) is 5.10. The monoisotopic (exact) mass is 584 g/mol. The van der Waals surface area contributed by atoms with Crippen molar-refractivity contribution in [1.29, 1.82) is 0 Å². The number of hydrogen-bond donors (Lipinski definition) is 0. The minimum Gasteiger partial charge on any atom is -0.497 e. The molecule has 5 aromatic rings. The van der Waals surface area contributed by atoms with E-state index >= 15 is 0 Å². The van der Waals surface area contributed by atoms with Crippen molar-refractivity contribution in [3.63, 3.8) is 0 Å². The van der Waals surface area contributed by atoms with Gasteiger partial charge in [-0.05, 0) is 122 Å². The number of esters is 2. The fourth-order valence-corrected chi connectivity index (χ4v) is 4.05. The Morgan fingerprint density at radius 2 is 0.932 bits per heavy atom. The lowest BCUT2D eigenvalue weighted by molar-refractivity contribution is 0.0725. The zero-order valence-electron chi connectivity index (χ0n) is 24.3. The SMILES string of the molecule is COc1ccc(C(=O)Oc2ccc(/N=N/c3ccc(/N=N/c4ccc(OC(=O)c5ccccc5)cc4C)cc3)c(C)c2)cc1. The Balaban J connectivity index is 1.17. The van der Waals surface area contributed by atoms with Crippen LogP contribution in [0, 0.1) is 13.8 Å². The summed E-state index contributed by atoms with van der Waals surface area (Å²) in [6.07, 6.45) is 0. The topological polar surface area (TPSA) is 111 Å². The lowest BCUT2D eigenvalue weighted by Crippen LogP contribution is -2.08. The van der Waals surface area contributed by atoms with E-state index in [9.17, 15) is 9.59 Å². The molecule has 0 spiro atoms. The average molecular weight is 585 g/mol. The van der Waals surface area contributed by atoms with Crippen LogP contribution in [0.1, 0.15) is 31.8 Å². The molecule has 0 saturated carbocycles. The maximum Gasteiger partial charge on any atom is 0.343 e. The molecule has 0 aliphatic carbocycles. The molecule has 0 heterocycles. The minimum absolute atomic E-state index is 0.412. The van der Waals surface area contributed by atoms with Crippen molar-refractivity contribution in [3.05, 3.63) is 138 Å². The van der Waals surface area contributed by atoms with Gasteiger partial charge in [0.1, 0.15) is 17.2 Å². The van der Waals surface area contributed by atoms with Gasteiger partial charge in [-0.2, -0.15) is 20.5 Å². The maximum absolute atomic E-state index is 12.4. The summed E-state index contributed by atoms with van der Waals surface area (Å²) >= 11 is 0. The quantitative estimate of drug-likeness (QED) is 0.0973. The maximum atomic E-state index is 12.4. The molecule has 0 N–H and O–H groups in total. The molecule has 218 valence electrons. The highest BCUT2D eigenvalue weighted by Crippen LogP contribution is 2.29. The predicted molar refractivity (Wildman–Crippen MR) is 167 cm³/mol. The van der Waals surface area contributed by atoms with Gasteiger partial charge < -0.3 is 14.2 Å². The number of azo groups is 2. The Morgan fingerprint density at radius 1 is 0.500 bits per heavy atom. The van der Waals surface area contributed by atoms with Gasteiger partial charge in [-0.15, -0.1) is 0 Å². The average Bonchev–Trinajstić information content (AvgIpc) is 3.05. The van der Waals surface area contributed by atoms with Crippen LogP contribution in [0.3, 0.4) is 0 Å². The predicted octanol–water partition coefficient (Wildman–Crippen LogP) is 9.58. The number of carbonyl (C=O) groups is 2. The first-order chi connectivity index (χ1) is 21.4. The summed E-state index contributed by atoms with van der Waals surface area (Å²) in [5.74, 6) is 0.624. The largest absolute Gasteiger partial charge is 0.497 e. The molecule has 9 nitrogen and oxygen atoms in total. The Labute approximate surface area is 254 Å². The van der Waals surface area contributed by atoms with Gasteiger partial charge >= 0.3 is 11.9 Å². The number of hydrogen-bond acceptors (Lipinski definition) is 9. The first-order valence-corrected chi connectivity index (χ1v) is 13.7. The molecule has 0 bridgehead atoms. The molecule has 9 heteroatoms. The highest BCUT2D eigenvalue weighted by Gasteiger charge is 2.11. The molecule has 0 unspecified atom stereocenters. The molecule has 5 aromatic carbocycles. The van der Waals surface area contributed by atoms with Crippen LogP contribution in [0.15, 0.2) is 136 Å². The van der Waals surface area contributed by atoms with E-state index in [0.29, 0.717) is 51.1 Å². The first-order valence-electron chi connectivity index (χ1n) is 13.7. The van der Waals surface area contributed by atoms with E-state index in [2.05, 4.69) is 20.5 Å². The van der Waals surface area contributed by atoms with Gasteiger partial charge in [-0.3, -0.25) is 0 Å². The van der Waals surface area contributed by atoms with Gasteiger partial charge in [0.2, 0.25) is 0 Å². The van der Waals surface area contributed by atoms with E-state index < -0.39 is 11.9 Å². The molecule has 5 rings (SSSR count). The highest BCUT2D eigenvalue weighted by molar-refractivity contribution is 5.91. The van der Waals surface area contributed by atoms with Gasteiger partial charge in [0.05, 0.1) is 41.0 Å². The van der Waals surface area contributed by atoms with Crippen LogP contribution >= 0.6 is 0 Å². The summed E-state index contributed by atoms with van der Waals surface area (Å²) in [4.78, 5) is 24.8. The summed E-state index contributed by atoms with van der Waals surface area (Å²) in [6.45, 7) is 3.74. The summed E-state index contributed by atoms with van der Waals surface area (Å²) < 4.78 is 16.1. The number of carbonyl (C=O) groups excluding carboxylic acids is 2. The van der Waals surface area contributed by atoms with Gasteiger partial charge in [0.25, 0.3) is 0 Å². The van der Waals surface area contributed by atoms with Crippen LogP contribution in [-0.2, 0) is 0 Å². The van der Waals surface area contributed by atoms with Crippen LogP contribution in [-0.4, -0.2) is 19.0 Å². The Hall–Kier alpha value is -5.96. The van der Waals surface area contributed by atoms with Gasteiger partial charge in [-0.25, -0.2) is 9.59 Å². The van der Waals surface area contributed by atoms with E-state index in [1.165, 1.54) is 0 Å². The Kier molecular flexibility index (Phi) is 9.26. The third kappa shape index (κ3) is 7.65. The van der Waals surface area contributed by atoms with E-state index in [0.717, 1.165) is 11.1 Å². The lowest BCUT2D eigenvalue weighted by Gasteiger charge is -2.07. The van der Waals surface area contributed by atoms with Crippen molar-refractivity contribution in [1.82, 2.24) is 0 Å². The Morgan fingerprint density at radius 3 is 1.36 bits per heavy atom. The molecule has 0 aliphatic heterocycles. The molecule has 0 aliphatic rings. The zero-order chi connectivity index (χ0) is 30.9. The van der Waals surface area contributed by atoms with E-state index in [-0.39, 0.29) is 0 Å². The third-order valence-electron chi connectivity index (χ3n) is 6.49. The molecule has 0 fully saturated rings. The van der Waals surface area contributed by atoms with Crippen molar-refractivity contribution in [2.75, 3.05) is 7.11 Å². The number of methoxy groups -OCH3 is 1. The van der Waals surface area contributed by atoms with Gasteiger partial charge in [0.15, 0.2) is 0 Å². The molecule has 0 aromatic heterocycles. The van der Waals surface area contributed by atoms with Crippen LogP contribution in [0.2, 0.25) is 0 Å². The van der Waals surface area contributed by atoms with Crippen molar-refractivity contribution in [2.45, 2.75) is 13.8 Å². The van der Waals surface area contributed by atoms with Crippen molar-refractivity contribution >= 4 is 34.7 Å². The van der Waals surface area contributed by atoms with Crippen LogP contribution in [0.5, 0.6) is 17.2 Å². The van der Waals surface area contributed by atoms with E-state index in [4.69, 9.17) is 14.2 Å². The zero-order valence-corrected chi connectivity index (χ0v) is 24.3. The van der Waals surface area contributed by atoms with Gasteiger partial charge in [0, 0.05) is 0 Å². The first kappa shape index (κ1) is 29.5. The van der Waals surface area contributed by atoms with Crippen LogP contribution < -0.4 is 14.2 Å². The van der Waals surface area contributed by atoms with Crippen molar-refractivity contribution in [2.24, 2.45) is 20.5 Å². The number of aryl methyl sites for hydroxylation is 2. The second-order valence-electron chi connectivity index (χ2n) is 9.69. The molecule has 0 radical (unpaired) electrons. The second kappa shape index (κ2) is 13.8. The molecule has 44 heavy (non-hydrogen) atoms. The summed E-state index contributed by atoms with van der Waals surface area (Å²) in [7, 11) is 1.57. The number of benzene rings is 5. The fourth-order valence-electron chi connectivity index (χ4n) is 4.05.